The maximum Gasteiger partial charge on any atom is 0.251 e. The molecule has 0 saturated heterocycles. The molecule has 0 spiro atoms. The van der Waals surface area contributed by atoms with Crippen molar-refractivity contribution < 1.29 is 4.79 Å². The summed E-state index contributed by atoms with van der Waals surface area (Å²) in [5.41, 5.74) is 3.71. The quantitative estimate of drug-likeness (QED) is 0.819. The van der Waals surface area contributed by atoms with Crippen molar-refractivity contribution in [1.29, 1.82) is 0 Å². The molecule has 1 amide bonds. The van der Waals surface area contributed by atoms with Crippen LogP contribution in [0.1, 0.15) is 30.9 Å². The first-order valence-corrected chi connectivity index (χ1v) is 8.29. The normalized spacial score (nSPS) is 20.8. The van der Waals surface area contributed by atoms with Gasteiger partial charge in [-0.25, -0.2) is 0 Å². The van der Waals surface area contributed by atoms with E-state index < -0.39 is 6.04 Å². The SMILES string of the molecule is CC1N=C(c2ccccc2)c2cc(Cl)ccc2N(C2CC2)C1=O. The Morgan fingerprint density at radius 3 is 2.57 bits per heavy atom. The molecule has 4 rings (SSSR count). The van der Waals surface area contributed by atoms with Gasteiger partial charge in [0.2, 0.25) is 0 Å². The number of hydrogen-bond acceptors (Lipinski definition) is 2. The predicted molar refractivity (Wildman–Crippen MR) is 93.5 cm³/mol. The highest BCUT2D eigenvalue weighted by Crippen LogP contribution is 2.38. The molecule has 1 unspecified atom stereocenters. The van der Waals surface area contributed by atoms with Crippen LogP contribution in [0.2, 0.25) is 5.02 Å². The Morgan fingerprint density at radius 2 is 1.87 bits per heavy atom. The summed E-state index contributed by atoms with van der Waals surface area (Å²) in [5.74, 6) is 0.0713. The van der Waals surface area contributed by atoms with Crippen molar-refractivity contribution >= 4 is 28.9 Å². The van der Waals surface area contributed by atoms with Crippen molar-refractivity contribution in [2.24, 2.45) is 4.99 Å². The number of amides is 1. The van der Waals surface area contributed by atoms with Crippen LogP contribution in [0.15, 0.2) is 53.5 Å². The van der Waals surface area contributed by atoms with E-state index in [0.29, 0.717) is 11.1 Å². The molecule has 1 aliphatic carbocycles. The zero-order chi connectivity index (χ0) is 16.0. The number of carbonyl (C=O) groups is 1. The van der Waals surface area contributed by atoms with Crippen LogP contribution in [-0.4, -0.2) is 23.7 Å². The Balaban J connectivity index is 1.95. The highest BCUT2D eigenvalue weighted by Gasteiger charge is 2.39. The molecule has 1 fully saturated rings. The monoisotopic (exact) mass is 324 g/mol. The van der Waals surface area contributed by atoms with Gasteiger partial charge in [0.25, 0.3) is 5.91 Å². The standard InChI is InChI=1S/C19H17ClN2O/c1-12-19(23)22(15-8-9-15)17-10-7-14(20)11-16(17)18(21-12)13-5-3-2-4-6-13/h2-7,10-12,15H,8-9H2,1H3. The number of halogens is 1. The molecule has 116 valence electrons. The van der Waals surface area contributed by atoms with Gasteiger partial charge in [0.1, 0.15) is 6.04 Å². The summed E-state index contributed by atoms with van der Waals surface area (Å²) in [6.45, 7) is 1.87. The number of fused-ring (bicyclic) bond motifs is 1. The van der Waals surface area contributed by atoms with E-state index in [2.05, 4.69) is 0 Å². The van der Waals surface area contributed by atoms with Crippen molar-refractivity contribution in [1.82, 2.24) is 0 Å². The third-order valence-electron chi connectivity index (χ3n) is 4.35. The van der Waals surface area contributed by atoms with E-state index in [-0.39, 0.29) is 5.91 Å². The van der Waals surface area contributed by atoms with Crippen molar-refractivity contribution in [2.75, 3.05) is 4.90 Å². The molecule has 0 radical (unpaired) electrons. The average molecular weight is 325 g/mol. The van der Waals surface area contributed by atoms with Crippen LogP contribution < -0.4 is 4.90 Å². The second-order valence-corrected chi connectivity index (χ2v) is 6.56. The molecule has 2 aromatic carbocycles. The predicted octanol–water partition coefficient (Wildman–Crippen LogP) is 4.07. The summed E-state index contributed by atoms with van der Waals surface area (Å²) in [6, 6.07) is 15.6. The number of rotatable bonds is 2. The van der Waals surface area contributed by atoms with Gasteiger partial charge in [-0.1, -0.05) is 41.9 Å². The maximum atomic E-state index is 12.8. The van der Waals surface area contributed by atoms with E-state index in [1.165, 1.54) is 0 Å². The first kappa shape index (κ1) is 14.5. The number of benzene rings is 2. The molecule has 3 nitrogen and oxygen atoms in total. The van der Waals surface area contributed by atoms with Crippen molar-refractivity contribution in [2.45, 2.75) is 31.8 Å². The number of nitrogens with zero attached hydrogens (tertiary/aromatic N) is 2. The van der Waals surface area contributed by atoms with Crippen LogP contribution >= 0.6 is 11.6 Å². The Morgan fingerprint density at radius 1 is 1.13 bits per heavy atom. The molecular formula is C19H17ClN2O. The first-order valence-electron chi connectivity index (χ1n) is 7.91. The number of hydrogen-bond donors (Lipinski definition) is 0. The highest BCUT2D eigenvalue weighted by molar-refractivity contribution is 6.32. The van der Waals surface area contributed by atoms with Crippen LogP contribution in [0.3, 0.4) is 0 Å². The summed E-state index contributed by atoms with van der Waals surface area (Å²) >= 11 is 6.24. The second-order valence-electron chi connectivity index (χ2n) is 6.12. The van der Waals surface area contributed by atoms with Gasteiger partial charge < -0.3 is 4.90 Å². The highest BCUT2D eigenvalue weighted by atomic mass is 35.5. The summed E-state index contributed by atoms with van der Waals surface area (Å²) in [7, 11) is 0. The molecule has 1 saturated carbocycles. The lowest BCUT2D eigenvalue weighted by Crippen LogP contribution is -2.38. The lowest BCUT2D eigenvalue weighted by atomic mass is 10.00. The molecular weight excluding hydrogens is 308 g/mol. The first-order chi connectivity index (χ1) is 11.1. The minimum Gasteiger partial charge on any atom is -0.307 e. The second kappa shape index (κ2) is 5.50. The largest absolute Gasteiger partial charge is 0.307 e. The summed E-state index contributed by atoms with van der Waals surface area (Å²) in [4.78, 5) is 19.5. The fourth-order valence-corrected chi connectivity index (χ4v) is 3.25. The number of benzodiazepines with no additional fused rings is 1. The molecule has 2 aromatic rings. The zero-order valence-corrected chi connectivity index (χ0v) is 13.6. The van der Waals surface area contributed by atoms with Crippen LogP contribution in [-0.2, 0) is 4.79 Å². The van der Waals surface area contributed by atoms with E-state index in [9.17, 15) is 4.79 Å². The fraction of sp³-hybridized carbons (Fsp3) is 0.263. The third kappa shape index (κ3) is 2.55. The van der Waals surface area contributed by atoms with Crippen LogP contribution in [0, 0.1) is 0 Å². The van der Waals surface area contributed by atoms with Gasteiger partial charge in [-0.15, -0.1) is 0 Å². The summed E-state index contributed by atoms with van der Waals surface area (Å²) in [6.07, 6.45) is 2.11. The van der Waals surface area contributed by atoms with Crippen molar-refractivity contribution in [3.05, 3.63) is 64.7 Å². The minimum absolute atomic E-state index is 0.0713. The minimum atomic E-state index is -0.392. The summed E-state index contributed by atoms with van der Waals surface area (Å²) in [5, 5.41) is 0.658. The Labute approximate surface area is 140 Å². The average Bonchev–Trinajstić information content (AvgIpc) is 3.39. The smallest absolute Gasteiger partial charge is 0.251 e. The summed E-state index contributed by atoms with van der Waals surface area (Å²) < 4.78 is 0. The molecule has 0 aromatic heterocycles. The van der Waals surface area contributed by atoms with Gasteiger partial charge in [-0.2, -0.15) is 0 Å². The molecule has 4 heteroatoms. The van der Waals surface area contributed by atoms with Gasteiger partial charge in [-0.3, -0.25) is 9.79 Å². The Bertz CT molecular complexity index is 796. The van der Waals surface area contributed by atoms with E-state index >= 15 is 0 Å². The number of aliphatic imine (C=N–C) groups is 1. The molecule has 1 aliphatic heterocycles. The molecule has 1 atom stereocenters. The lowest BCUT2D eigenvalue weighted by Gasteiger charge is -2.24. The van der Waals surface area contributed by atoms with E-state index in [0.717, 1.165) is 35.4 Å². The Hall–Kier alpha value is -2.13. The molecule has 2 aliphatic rings. The zero-order valence-electron chi connectivity index (χ0n) is 12.9. The molecule has 0 N–H and O–H groups in total. The lowest BCUT2D eigenvalue weighted by molar-refractivity contribution is -0.119. The van der Waals surface area contributed by atoms with Crippen LogP contribution in [0.4, 0.5) is 5.69 Å². The number of carbonyl (C=O) groups excluding carboxylic acids is 1. The molecule has 23 heavy (non-hydrogen) atoms. The van der Waals surface area contributed by atoms with Gasteiger partial charge in [0.15, 0.2) is 0 Å². The molecule has 0 bridgehead atoms. The number of anilines is 1. The van der Waals surface area contributed by atoms with E-state index in [4.69, 9.17) is 16.6 Å². The van der Waals surface area contributed by atoms with E-state index in [1.54, 1.807) is 0 Å². The fourth-order valence-electron chi connectivity index (χ4n) is 3.08. The molecule has 1 heterocycles. The van der Waals surface area contributed by atoms with Gasteiger partial charge in [-0.05, 0) is 38.0 Å². The topological polar surface area (TPSA) is 32.7 Å². The van der Waals surface area contributed by atoms with Crippen LogP contribution in [0.25, 0.3) is 0 Å². The Kier molecular flexibility index (Phi) is 3.46. The van der Waals surface area contributed by atoms with Crippen LogP contribution in [0.5, 0.6) is 0 Å². The van der Waals surface area contributed by atoms with Gasteiger partial charge >= 0.3 is 0 Å². The van der Waals surface area contributed by atoms with Crippen molar-refractivity contribution in [3.8, 4) is 0 Å². The van der Waals surface area contributed by atoms with E-state index in [1.807, 2.05) is 60.4 Å². The van der Waals surface area contributed by atoms with Gasteiger partial charge in [0.05, 0.1) is 11.4 Å². The maximum absolute atomic E-state index is 12.8. The van der Waals surface area contributed by atoms with Crippen molar-refractivity contribution in [3.63, 3.8) is 0 Å². The third-order valence-corrected chi connectivity index (χ3v) is 4.59. The van der Waals surface area contributed by atoms with Gasteiger partial charge in [0, 0.05) is 22.2 Å².